The van der Waals surface area contributed by atoms with E-state index in [1.54, 1.807) is 20.0 Å². The van der Waals surface area contributed by atoms with Crippen LogP contribution in [-0.4, -0.2) is 33.5 Å². The van der Waals surface area contributed by atoms with Gasteiger partial charge in [0, 0.05) is 25.5 Å². The lowest BCUT2D eigenvalue weighted by Gasteiger charge is -2.21. The number of sulfonamides is 1. The minimum Gasteiger partial charge on any atom is -0.360 e. The Kier molecular flexibility index (Phi) is 3.37. The first-order chi connectivity index (χ1) is 9.91. The summed E-state index contributed by atoms with van der Waals surface area (Å²) in [6.45, 7) is 3.54. The number of nitrogens with zero attached hydrogens (tertiary/aromatic N) is 4. The average Bonchev–Trinajstić information content (AvgIpc) is 3.08. The highest BCUT2D eigenvalue weighted by Crippen LogP contribution is 2.35. The third-order valence-corrected chi connectivity index (χ3v) is 5.85. The maximum absolute atomic E-state index is 12.9. The first-order valence-corrected chi connectivity index (χ1v) is 8.26. The van der Waals surface area contributed by atoms with E-state index in [0.29, 0.717) is 11.5 Å². The quantitative estimate of drug-likeness (QED) is 0.833. The fourth-order valence-corrected chi connectivity index (χ4v) is 4.36. The van der Waals surface area contributed by atoms with Crippen molar-refractivity contribution in [2.75, 3.05) is 0 Å². The summed E-state index contributed by atoms with van der Waals surface area (Å²) in [5.74, 6) is 1.05. The molecule has 3 rings (SSSR count). The van der Waals surface area contributed by atoms with Gasteiger partial charge in [0.15, 0.2) is 5.76 Å². The lowest BCUT2D eigenvalue weighted by atomic mass is 10.4. The third kappa shape index (κ3) is 2.49. The second kappa shape index (κ2) is 4.96. The second-order valence-electron chi connectivity index (χ2n) is 5.39. The predicted octanol–water partition coefficient (Wildman–Crippen LogP) is 1.38. The molecule has 21 heavy (non-hydrogen) atoms. The molecule has 0 atom stereocenters. The topological polar surface area (TPSA) is 81.2 Å². The van der Waals surface area contributed by atoms with Gasteiger partial charge in [0.2, 0.25) is 10.0 Å². The summed E-state index contributed by atoms with van der Waals surface area (Å²) in [7, 11) is -1.77. The molecule has 1 saturated carbocycles. The molecule has 0 unspecified atom stereocenters. The summed E-state index contributed by atoms with van der Waals surface area (Å²) in [5, 5.41) is 3.76. The molecule has 1 fully saturated rings. The van der Waals surface area contributed by atoms with Gasteiger partial charge in [0.05, 0.1) is 6.54 Å². The van der Waals surface area contributed by atoms with E-state index in [1.807, 2.05) is 17.8 Å². The monoisotopic (exact) mass is 310 g/mol. The standard InChI is InChI=1S/C13H18N4O3S/c1-9-13(10(2)20-15-9)21(18,19)17(11-4-5-11)8-12-14-6-7-16(12)3/h6-7,11H,4-5,8H2,1-3H3. The lowest BCUT2D eigenvalue weighted by molar-refractivity contribution is 0.378. The van der Waals surface area contributed by atoms with E-state index in [9.17, 15) is 8.42 Å². The smallest absolute Gasteiger partial charge is 0.249 e. The molecule has 0 bridgehead atoms. The average molecular weight is 310 g/mol. The number of aromatic nitrogens is 3. The van der Waals surface area contributed by atoms with Gasteiger partial charge in [-0.1, -0.05) is 5.16 Å². The Morgan fingerprint density at radius 2 is 2.14 bits per heavy atom. The van der Waals surface area contributed by atoms with Crippen LogP contribution in [0.15, 0.2) is 21.8 Å². The van der Waals surface area contributed by atoms with Crippen LogP contribution in [0, 0.1) is 13.8 Å². The highest BCUT2D eigenvalue weighted by Gasteiger charge is 2.41. The van der Waals surface area contributed by atoms with Crippen LogP contribution in [0.5, 0.6) is 0 Å². The van der Waals surface area contributed by atoms with Gasteiger partial charge in [-0.05, 0) is 26.7 Å². The van der Waals surface area contributed by atoms with Crippen molar-refractivity contribution in [2.24, 2.45) is 7.05 Å². The summed E-state index contributed by atoms with van der Waals surface area (Å²) in [6, 6.07) is 0.0420. The number of imidazole rings is 1. The van der Waals surface area contributed by atoms with Crippen LogP contribution in [0.2, 0.25) is 0 Å². The summed E-state index contributed by atoms with van der Waals surface area (Å²) in [6.07, 6.45) is 5.24. The van der Waals surface area contributed by atoms with Crippen LogP contribution in [0.4, 0.5) is 0 Å². The molecular weight excluding hydrogens is 292 g/mol. The van der Waals surface area contributed by atoms with Crippen LogP contribution >= 0.6 is 0 Å². The van der Waals surface area contributed by atoms with Crippen molar-refractivity contribution in [3.8, 4) is 0 Å². The van der Waals surface area contributed by atoms with Gasteiger partial charge in [0.25, 0.3) is 0 Å². The lowest BCUT2D eigenvalue weighted by Crippen LogP contribution is -2.34. The molecule has 0 saturated heterocycles. The summed E-state index contributed by atoms with van der Waals surface area (Å²) < 4.78 is 34.2. The van der Waals surface area contributed by atoms with Gasteiger partial charge in [-0.3, -0.25) is 0 Å². The molecule has 0 aromatic carbocycles. The normalized spacial score (nSPS) is 15.8. The van der Waals surface area contributed by atoms with Crippen molar-refractivity contribution in [2.45, 2.75) is 44.2 Å². The molecule has 1 aliphatic carbocycles. The second-order valence-corrected chi connectivity index (χ2v) is 7.22. The molecule has 114 valence electrons. The van der Waals surface area contributed by atoms with Crippen LogP contribution < -0.4 is 0 Å². The molecule has 8 heteroatoms. The van der Waals surface area contributed by atoms with E-state index in [-0.39, 0.29) is 17.5 Å². The van der Waals surface area contributed by atoms with E-state index in [4.69, 9.17) is 4.52 Å². The molecular formula is C13H18N4O3S. The zero-order valence-corrected chi connectivity index (χ0v) is 13.1. The Labute approximate surface area is 123 Å². The molecule has 0 spiro atoms. The number of hydrogen-bond acceptors (Lipinski definition) is 5. The first kappa shape index (κ1) is 14.3. The third-order valence-electron chi connectivity index (χ3n) is 3.71. The van der Waals surface area contributed by atoms with Crippen LogP contribution in [0.25, 0.3) is 0 Å². The SMILES string of the molecule is Cc1noc(C)c1S(=O)(=O)N(Cc1nccn1C)C1CC1. The maximum Gasteiger partial charge on any atom is 0.249 e. The van der Waals surface area contributed by atoms with Crippen LogP contribution in [0.3, 0.4) is 0 Å². The number of aryl methyl sites for hydroxylation is 3. The molecule has 0 amide bonds. The Hall–Kier alpha value is -1.67. The van der Waals surface area contributed by atoms with Crippen molar-refractivity contribution >= 4 is 10.0 Å². The number of rotatable bonds is 5. The predicted molar refractivity (Wildman–Crippen MR) is 74.9 cm³/mol. The highest BCUT2D eigenvalue weighted by atomic mass is 32.2. The van der Waals surface area contributed by atoms with Crippen LogP contribution in [-0.2, 0) is 23.6 Å². The van der Waals surface area contributed by atoms with Gasteiger partial charge in [-0.25, -0.2) is 13.4 Å². The molecule has 7 nitrogen and oxygen atoms in total. The summed E-state index contributed by atoms with van der Waals surface area (Å²) >= 11 is 0. The highest BCUT2D eigenvalue weighted by molar-refractivity contribution is 7.89. The Balaban J connectivity index is 1.99. The summed E-state index contributed by atoms with van der Waals surface area (Å²) in [4.78, 5) is 4.41. The van der Waals surface area contributed by atoms with Gasteiger partial charge in [-0.2, -0.15) is 4.31 Å². The largest absolute Gasteiger partial charge is 0.360 e. The van der Waals surface area contributed by atoms with E-state index in [1.165, 1.54) is 4.31 Å². The molecule has 0 aliphatic heterocycles. The van der Waals surface area contributed by atoms with Crippen molar-refractivity contribution in [3.63, 3.8) is 0 Å². The van der Waals surface area contributed by atoms with Gasteiger partial charge < -0.3 is 9.09 Å². The zero-order chi connectivity index (χ0) is 15.2. The molecule has 2 aromatic heterocycles. The molecule has 1 aliphatic rings. The Morgan fingerprint density at radius 3 is 2.62 bits per heavy atom. The van der Waals surface area contributed by atoms with E-state index < -0.39 is 10.0 Å². The maximum atomic E-state index is 12.9. The fraction of sp³-hybridized carbons (Fsp3) is 0.538. The zero-order valence-electron chi connectivity index (χ0n) is 12.3. The van der Waals surface area contributed by atoms with E-state index >= 15 is 0 Å². The van der Waals surface area contributed by atoms with Crippen molar-refractivity contribution in [1.82, 2.24) is 19.0 Å². The van der Waals surface area contributed by atoms with Gasteiger partial charge in [-0.15, -0.1) is 0 Å². The van der Waals surface area contributed by atoms with Crippen molar-refractivity contribution in [1.29, 1.82) is 0 Å². The van der Waals surface area contributed by atoms with E-state index in [0.717, 1.165) is 18.7 Å². The molecule has 2 heterocycles. The molecule has 2 aromatic rings. The minimum atomic E-state index is -3.62. The fourth-order valence-electron chi connectivity index (χ4n) is 2.42. The summed E-state index contributed by atoms with van der Waals surface area (Å²) in [5.41, 5.74) is 0.401. The van der Waals surface area contributed by atoms with E-state index in [2.05, 4.69) is 10.1 Å². The van der Waals surface area contributed by atoms with Crippen molar-refractivity contribution < 1.29 is 12.9 Å². The first-order valence-electron chi connectivity index (χ1n) is 6.82. The van der Waals surface area contributed by atoms with Crippen molar-refractivity contribution in [3.05, 3.63) is 29.7 Å². The molecule has 0 N–H and O–H groups in total. The van der Waals surface area contributed by atoms with Gasteiger partial charge in [0.1, 0.15) is 16.4 Å². The Bertz CT molecular complexity index is 739. The molecule has 0 radical (unpaired) electrons. The van der Waals surface area contributed by atoms with Gasteiger partial charge >= 0.3 is 0 Å². The number of hydrogen-bond donors (Lipinski definition) is 0. The van der Waals surface area contributed by atoms with Crippen LogP contribution in [0.1, 0.15) is 30.1 Å². The Morgan fingerprint density at radius 1 is 1.43 bits per heavy atom. The minimum absolute atomic E-state index is 0.0420.